The van der Waals surface area contributed by atoms with Gasteiger partial charge in [0.2, 0.25) is 5.78 Å². The highest BCUT2D eigenvalue weighted by Crippen LogP contribution is 2.20. The molecule has 4 aromatic rings. The maximum atomic E-state index is 12.5. The zero-order chi connectivity index (χ0) is 23.5. The lowest BCUT2D eigenvalue weighted by atomic mass is 10.1. The molecule has 0 N–H and O–H groups in total. The molecule has 7 heteroatoms. The van der Waals surface area contributed by atoms with Crippen molar-refractivity contribution >= 4 is 11.9 Å². The first-order chi connectivity index (χ1) is 16.1. The van der Waals surface area contributed by atoms with E-state index in [4.69, 9.17) is 18.7 Å². The first-order valence-electron chi connectivity index (χ1n) is 10.3. The Balaban J connectivity index is 0.000000968. The number of pyridine rings is 1. The van der Waals surface area contributed by atoms with Crippen LogP contribution >= 0.6 is 0 Å². The smallest absolute Gasteiger partial charge is 0.373 e. The topological polar surface area (TPSA) is 99.4 Å². The summed E-state index contributed by atoms with van der Waals surface area (Å²) in [5, 5.41) is 0. The molecule has 0 bridgehead atoms. The highest BCUT2D eigenvalue weighted by atomic mass is 16.5. The number of nitrogens with zero attached hydrogens (tertiary/aromatic N) is 2. The van der Waals surface area contributed by atoms with Gasteiger partial charge in [-0.15, -0.1) is 0 Å². The molecule has 0 spiro atoms. The van der Waals surface area contributed by atoms with Gasteiger partial charge in [-0.1, -0.05) is 48.5 Å². The van der Waals surface area contributed by atoms with E-state index in [0.717, 1.165) is 22.6 Å². The molecule has 0 atom stereocenters. The van der Waals surface area contributed by atoms with Crippen molar-refractivity contribution in [1.29, 1.82) is 0 Å². The second-order valence-corrected chi connectivity index (χ2v) is 7.12. The molecule has 33 heavy (non-hydrogen) atoms. The van der Waals surface area contributed by atoms with E-state index in [9.17, 15) is 4.79 Å². The molecule has 0 amide bonds. The van der Waals surface area contributed by atoms with Crippen LogP contribution in [0, 0.1) is 6.92 Å². The predicted molar refractivity (Wildman–Crippen MR) is 119 cm³/mol. The van der Waals surface area contributed by atoms with Gasteiger partial charge in [0.25, 0.3) is 5.89 Å². The number of ketones is 1. The molecule has 0 fully saturated rings. The van der Waals surface area contributed by atoms with Crippen LogP contribution in [-0.2, 0) is 22.6 Å². The summed E-state index contributed by atoms with van der Waals surface area (Å²) in [6, 6.07) is 23.5. The number of oxazole rings is 1. The number of carbonyl (C=O) groups is 1. The van der Waals surface area contributed by atoms with E-state index in [1.54, 1.807) is 6.20 Å². The Labute approximate surface area is 191 Å². The van der Waals surface area contributed by atoms with Crippen LogP contribution in [0.25, 0.3) is 11.5 Å². The van der Waals surface area contributed by atoms with Crippen LogP contribution < -0.4 is 4.74 Å². The van der Waals surface area contributed by atoms with Crippen LogP contribution in [0.2, 0.25) is 0 Å². The van der Waals surface area contributed by atoms with Gasteiger partial charge in [0.05, 0.1) is 6.20 Å². The average molecular weight is 442 g/mol. The summed E-state index contributed by atoms with van der Waals surface area (Å²) in [5.74, 6) is 1.36. The Morgan fingerprint density at radius 3 is 2.33 bits per heavy atom. The molecule has 0 radical (unpaired) electrons. The molecule has 0 saturated carbocycles. The van der Waals surface area contributed by atoms with E-state index in [0.29, 0.717) is 30.9 Å². The van der Waals surface area contributed by atoms with Crippen molar-refractivity contribution < 1.29 is 23.5 Å². The Kier molecular flexibility index (Phi) is 8.40. The molecule has 0 aliphatic heterocycles. The summed E-state index contributed by atoms with van der Waals surface area (Å²) in [4.78, 5) is 37.2. The van der Waals surface area contributed by atoms with E-state index in [1.807, 2.05) is 79.7 Å². The normalized spacial score (nSPS) is 9.97. The van der Waals surface area contributed by atoms with Crippen molar-refractivity contribution in [3.8, 4) is 17.2 Å². The van der Waals surface area contributed by atoms with Crippen molar-refractivity contribution in [2.45, 2.75) is 26.4 Å². The molecular formula is C26H22N2O5. The number of aryl methyl sites for hydroxylation is 2. The molecular weight excluding hydrogens is 420 g/mol. The highest BCUT2D eigenvalue weighted by Gasteiger charge is 2.15. The average Bonchev–Trinajstić information content (AvgIpc) is 3.34. The maximum absolute atomic E-state index is 12.5. The van der Waals surface area contributed by atoms with Crippen molar-refractivity contribution in [3.05, 3.63) is 102 Å². The third-order valence-corrected chi connectivity index (χ3v) is 4.70. The number of hydrogen-bond donors (Lipinski definition) is 0. The van der Waals surface area contributed by atoms with Gasteiger partial charge >= 0.3 is 6.15 Å². The van der Waals surface area contributed by atoms with Gasteiger partial charge in [-0.25, -0.2) is 9.97 Å². The second kappa shape index (κ2) is 11.9. The monoisotopic (exact) mass is 442 g/mol. The molecule has 2 heterocycles. The second-order valence-electron chi connectivity index (χ2n) is 7.12. The number of hydrogen-bond acceptors (Lipinski definition) is 7. The third-order valence-electron chi connectivity index (χ3n) is 4.70. The lowest BCUT2D eigenvalue weighted by molar-refractivity contribution is -0.191. The highest BCUT2D eigenvalue weighted by molar-refractivity contribution is 5.92. The summed E-state index contributed by atoms with van der Waals surface area (Å²) < 4.78 is 11.4. The zero-order valence-corrected chi connectivity index (χ0v) is 18.1. The molecule has 166 valence electrons. The zero-order valence-electron chi connectivity index (χ0n) is 18.1. The van der Waals surface area contributed by atoms with Crippen LogP contribution in [0.15, 0.2) is 83.4 Å². The van der Waals surface area contributed by atoms with E-state index in [-0.39, 0.29) is 17.8 Å². The van der Waals surface area contributed by atoms with Gasteiger partial charge in [0, 0.05) is 12.1 Å². The Morgan fingerprint density at radius 1 is 0.939 bits per heavy atom. The predicted octanol–water partition coefficient (Wildman–Crippen LogP) is 4.86. The standard InChI is InChI=1S/C25H22N2O3.CO2/c1-18-6-5-9-22(27-18)24-16-26-25(30-24)23(28)15-14-19-10-12-20(13-11-19)17-29-21-7-3-2-4-8-21;2-1-3/h2-13,16H,14-15,17H2,1H3;. The number of rotatable bonds is 8. The molecule has 0 unspecified atom stereocenters. The van der Waals surface area contributed by atoms with Crippen LogP contribution in [0.5, 0.6) is 5.75 Å². The van der Waals surface area contributed by atoms with Crippen LogP contribution in [-0.4, -0.2) is 21.9 Å². The molecule has 2 aromatic carbocycles. The van der Waals surface area contributed by atoms with Crippen molar-refractivity contribution in [3.63, 3.8) is 0 Å². The van der Waals surface area contributed by atoms with E-state index in [1.165, 1.54) is 0 Å². The van der Waals surface area contributed by atoms with Crippen molar-refractivity contribution in [2.24, 2.45) is 0 Å². The van der Waals surface area contributed by atoms with Gasteiger partial charge in [-0.2, -0.15) is 9.59 Å². The minimum atomic E-state index is -0.120. The Hall–Kier alpha value is -4.35. The Bertz CT molecular complexity index is 1210. The number of para-hydroxylation sites is 1. The number of aromatic nitrogens is 2. The summed E-state index contributed by atoms with van der Waals surface area (Å²) in [5.41, 5.74) is 3.72. The lowest BCUT2D eigenvalue weighted by Crippen LogP contribution is -2.02. The molecule has 7 nitrogen and oxygen atoms in total. The summed E-state index contributed by atoms with van der Waals surface area (Å²) in [6.07, 6.45) is 2.76. The molecule has 4 rings (SSSR count). The quantitative estimate of drug-likeness (QED) is 0.359. The molecule has 2 aromatic heterocycles. The fourth-order valence-corrected chi connectivity index (χ4v) is 3.05. The summed E-state index contributed by atoms with van der Waals surface area (Å²) in [7, 11) is 0. The fourth-order valence-electron chi connectivity index (χ4n) is 3.05. The maximum Gasteiger partial charge on any atom is 0.373 e. The largest absolute Gasteiger partial charge is 0.489 e. The van der Waals surface area contributed by atoms with Gasteiger partial charge in [0.15, 0.2) is 5.76 Å². The van der Waals surface area contributed by atoms with Gasteiger partial charge in [0.1, 0.15) is 18.1 Å². The number of ether oxygens (including phenoxy) is 1. The van der Waals surface area contributed by atoms with Gasteiger partial charge in [-0.05, 0) is 48.7 Å². The van der Waals surface area contributed by atoms with Gasteiger partial charge in [-0.3, -0.25) is 4.79 Å². The molecule has 0 aliphatic rings. The molecule has 0 aliphatic carbocycles. The van der Waals surface area contributed by atoms with Crippen LogP contribution in [0.4, 0.5) is 0 Å². The number of benzene rings is 2. The van der Waals surface area contributed by atoms with Crippen LogP contribution in [0.1, 0.15) is 33.9 Å². The van der Waals surface area contributed by atoms with Crippen LogP contribution in [0.3, 0.4) is 0 Å². The minimum absolute atomic E-state index is 0.120. The van der Waals surface area contributed by atoms with E-state index < -0.39 is 0 Å². The van der Waals surface area contributed by atoms with Gasteiger partial charge < -0.3 is 9.15 Å². The van der Waals surface area contributed by atoms with Crippen molar-refractivity contribution in [2.75, 3.05) is 0 Å². The molecule has 0 saturated heterocycles. The SMILES string of the molecule is Cc1cccc(-c2cnc(C(=O)CCc3ccc(COc4ccccc4)cc3)o2)n1.O=C=O. The van der Waals surface area contributed by atoms with E-state index >= 15 is 0 Å². The van der Waals surface area contributed by atoms with E-state index in [2.05, 4.69) is 9.97 Å². The minimum Gasteiger partial charge on any atom is -0.489 e. The van der Waals surface area contributed by atoms with Crippen molar-refractivity contribution in [1.82, 2.24) is 9.97 Å². The first kappa shape index (κ1) is 23.3. The summed E-state index contributed by atoms with van der Waals surface area (Å²) in [6.45, 7) is 2.42. The number of carbonyl (C=O) groups excluding carboxylic acids is 3. The Morgan fingerprint density at radius 2 is 1.64 bits per heavy atom. The number of Topliss-reactive ketones (excluding diaryl/α,β-unsaturated/α-hetero) is 1. The fraction of sp³-hybridized carbons (Fsp3) is 0.154. The lowest BCUT2D eigenvalue weighted by Gasteiger charge is -2.07. The summed E-state index contributed by atoms with van der Waals surface area (Å²) >= 11 is 0. The third kappa shape index (κ3) is 7.09. The first-order valence-corrected chi connectivity index (χ1v) is 10.3.